The summed E-state index contributed by atoms with van der Waals surface area (Å²) in [6.45, 7) is 2.62. The normalized spacial score (nSPS) is 11.9. The van der Waals surface area contributed by atoms with Crippen molar-refractivity contribution in [2.75, 3.05) is 18.5 Å². The number of rotatable bonds is 8. The van der Waals surface area contributed by atoms with Crippen LogP contribution in [0.5, 0.6) is 0 Å². The van der Waals surface area contributed by atoms with Crippen molar-refractivity contribution in [3.63, 3.8) is 0 Å². The Labute approximate surface area is 121 Å². The minimum absolute atomic E-state index is 0.0885. The van der Waals surface area contributed by atoms with Gasteiger partial charge in [-0.25, -0.2) is 9.59 Å². The first-order chi connectivity index (χ1) is 9.58. The average Bonchev–Trinajstić information content (AvgIpc) is 2.84. The van der Waals surface area contributed by atoms with Crippen LogP contribution in [0.4, 0.5) is 9.80 Å². The number of aromatic carboxylic acids is 1. The molecule has 1 atom stereocenters. The molecule has 0 radical (unpaired) electrons. The summed E-state index contributed by atoms with van der Waals surface area (Å²) in [5.41, 5.74) is 0.0885. The summed E-state index contributed by atoms with van der Waals surface area (Å²) in [5.74, 6) is -0.830. The number of amides is 2. The molecule has 0 bridgehead atoms. The largest absolute Gasteiger partial charge is 0.478 e. The minimum atomic E-state index is -1.06. The van der Waals surface area contributed by atoms with Gasteiger partial charge in [0.1, 0.15) is 5.00 Å². The van der Waals surface area contributed by atoms with Crippen LogP contribution in [0.15, 0.2) is 11.4 Å². The Morgan fingerprint density at radius 3 is 2.75 bits per heavy atom. The fourth-order valence-corrected chi connectivity index (χ4v) is 2.67. The Morgan fingerprint density at radius 2 is 2.15 bits per heavy atom. The van der Waals surface area contributed by atoms with Crippen LogP contribution in [0, 0.1) is 5.92 Å². The third-order valence-electron chi connectivity index (χ3n) is 2.91. The first-order valence-electron chi connectivity index (χ1n) is 6.55. The third kappa shape index (κ3) is 5.18. The molecule has 1 unspecified atom stereocenters. The molecule has 0 aromatic carbocycles. The van der Waals surface area contributed by atoms with E-state index in [4.69, 9.17) is 10.2 Å². The lowest BCUT2D eigenvalue weighted by Crippen LogP contribution is -2.33. The molecule has 20 heavy (non-hydrogen) atoms. The number of anilines is 1. The third-order valence-corrected chi connectivity index (χ3v) is 3.74. The van der Waals surface area contributed by atoms with Crippen LogP contribution in [0.3, 0.4) is 0 Å². The summed E-state index contributed by atoms with van der Waals surface area (Å²) < 4.78 is 0. The van der Waals surface area contributed by atoms with Crippen LogP contribution in [0.1, 0.15) is 36.5 Å². The van der Waals surface area contributed by atoms with E-state index < -0.39 is 12.0 Å². The van der Waals surface area contributed by atoms with Gasteiger partial charge in [0, 0.05) is 13.2 Å². The van der Waals surface area contributed by atoms with Gasteiger partial charge in [-0.1, -0.05) is 13.3 Å². The van der Waals surface area contributed by atoms with Crippen molar-refractivity contribution >= 4 is 28.3 Å². The molecular weight excluding hydrogens is 280 g/mol. The molecule has 0 aliphatic rings. The number of carbonyl (C=O) groups is 2. The fraction of sp³-hybridized carbons (Fsp3) is 0.538. The minimum Gasteiger partial charge on any atom is -0.478 e. The van der Waals surface area contributed by atoms with Crippen molar-refractivity contribution < 1.29 is 19.8 Å². The second kappa shape index (κ2) is 8.55. The van der Waals surface area contributed by atoms with Crippen LogP contribution in [0.25, 0.3) is 0 Å². The smallest absolute Gasteiger partial charge is 0.338 e. The first-order valence-corrected chi connectivity index (χ1v) is 7.42. The van der Waals surface area contributed by atoms with Gasteiger partial charge in [-0.3, -0.25) is 5.32 Å². The summed E-state index contributed by atoms with van der Waals surface area (Å²) in [4.78, 5) is 22.6. The molecular formula is C13H20N2O4S. The van der Waals surface area contributed by atoms with Crippen molar-refractivity contribution in [2.45, 2.75) is 26.2 Å². The lowest BCUT2D eigenvalue weighted by molar-refractivity contribution is 0.0698. The number of nitrogens with one attached hydrogen (secondary N) is 2. The molecule has 112 valence electrons. The lowest BCUT2D eigenvalue weighted by atomic mass is 10.0. The van der Waals surface area contributed by atoms with E-state index in [2.05, 4.69) is 17.6 Å². The summed E-state index contributed by atoms with van der Waals surface area (Å²) >= 11 is 1.17. The number of carboxylic acids is 1. The van der Waals surface area contributed by atoms with E-state index in [1.807, 2.05) is 0 Å². The second-order valence-electron chi connectivity index (χ2n) is 4.47. The number of hydrogen-bond acceptors (Lipinski definition) is 4. The summed E-state index contributed by atoms with van der Waals surface area (Å²) in [6.07, 6.45) is 2.57. The molecule has 1 aromatic heterocycles. The van der Waals surface area contributed by atoms with E-state index in [-0.39, 0.29) is 18.1 Å². The average molecular weight is 300 g/mol. The molecule has 1 heterocycles. The van der Waals surface area contributed by atoms with Crippen LogP contribution in [0.2, 0.25) is 0 Å². The van der Waals surface area contributed by atoms with Gasteiger partial charge in [0.05, 0.1) is 5.56 Å². The van der Waals surface area contributed by atoms with Crippen LogP contribution in [-0.2, 0) is 0 Å². The van der Waals surface area contributed by atoms with Crippen molar-refractivity contribution in [1.29, 1.82) is 0 Å². The maximum atomic E-state index is 11.7. The van der Waals surface area contributed by atoms with Gasteiger partial charge >= 0.3 is 12.0 Å². The lowest BCUT2D eigenvalue weighted by Gasteiger charge is -2.15. The van der Waals surface area contributed by atoms with Crippen molar-refractivity contribution in [1.82, 2.24) is 5.32 Å². The van der Waals surface area contributed by atoms with Crippen LogP contribution in [-0.4, -0.2) is 35.4 Å². The van der Waals surface area contributed by atoms with Gasteiger partial charge in [-0.05, 0) is 30.2 Å². The molecule has 1 rings (SSSR count). The number of aliphatic hydroxyl groups excluding tert-OH is 1. The number of carboxylic acid groups (broad SMARTS) is 1. The Balaban J connectivity index is 2.46. The van der Waals surface area contributed by atoms with Gasteiger partial charge in [0.15, 0.2) is 0 Å². The standard InChI is InChI=1S/C13H20N2O4S/c1-2-3-9(4-6-16)8-14-13(19)15-11-10(12(17)18)5-7-20-11/h5,7,9,16H,2-4,6,8H2,1H3,(H,17,18)(H2,14,15,19). The summed E-state index contributed by atoms with van der Waals surface area (Å²) in [6, 6.07) is 1.03. The van der Waals surface area contributed by atoms with E-state index in [9.17, 15) is 9.59 Å². The van der Waals surface area contributed by atoms with E-state index in [1.54, 1.807) is 5.38 Å². The van der Waals surface area contributed by atoms with Gasteiger partial charge in [-0.15, -0.1) is 11.3 Å². The highest BCUT2D eigenvalue weighted by molar-refractivity contribution is 7.14. The summed E-state index contributed by atoms with van der Waals surface area (Å²) in [7, 11) is 0. The molecule has 0 saturated carbocycles. The first kappa shape index (κ1) is 16.5. The number of urea groups is 1. The maximum Gasteiger partial charge on any atom is 0.338 e. The van der Waals surface area contributed by atoms with Gasteiger partial charge in [0.2, 0.25) is 0 Å². The summed E-state index contributed by atoms with van der Waals surface area (Å²) in [5, 5.41) is 25.1. The molecule has 0 saturated heterocycles. The topological polar surface area (TPSA) is 98.7 Å². The molecule has 4 N–H and O–H groups in total. The molecule has 2 amide bonds. The molecule has 0 aliphatic heterocycles. The van der Waals surface area contributed by atoms with E-state index >= 15 is 0 Å². The molecule has 0 fully saturated rings. The molecule has 7 heteroatoms. The predicted octanol–water partition coefficient (Wildman–Crippen LogP) is 2.37. The Kier molecular flexibility index (Phi) is 7.03. The maximum absolute atomic E-state index is 11.7. The monoisotopic (exact) mass is 300 g/mol. The Morgan fingerprint density at radius 1 is 1.40 bits per heavy atom. The van der Waals surface area contributed by atoms with Crippen molar-refractivity contribution in [2.24, 2.45) is 5.92 Å². The fourth-order valence-electron chi connectivity index (χ4n) is 1.90. The van der Waals surface area contributed by atoms with Gasteiger partial charge < -0.3 is 15.5 Å². The number of aliphatic hydroxyl groups is 1. The van der Waals surface area contributed by atoms with E-state index in [0.717, 1.165) is 12.8 Å². The van der Waals surface area contributed by atoms with E-state index in [0.29, 0.717) is 18.0 Å². The van der Waals surface area contributed by atoms with Crippen LogP contribution < -0.4 is 10.6 Å². The quantitative estimate of drug-likeness (QED) is 0.592. The van der Waals surface area contributed by atoms with Crippen molar-refractivity contribution in [3.05, 3.63) is 17.0 Å². The molecule has 0 spiro atoms. The zero-order valence-corrected chi connectivity index (χ0v) is 12.2. The highest BCUT2D eigenvalue weighted by atomic mass is 32.1. The van der Waals surface area contributed by atoms with Gasteiger partial charge in [-0.2, -0.15) is 0 Å². The number of thiophene rings is 1. The number of carbonyl (C=O) groups excluding carboxylic acids is 1. The second-order valence-corrected chi connectivity index (χ2v) is 5.39. The molecule has 6 nitrogen and oxygen atoms in total. The van der Waals surface area contributed by atoms with Crippen molar-refractivity contribution in [3.8, 4) is 0 Å². The Bertz CT molecular complexity index is 441. The predicted molar refractivity (Wildman–Crippen MR) is 78.4 cm³/mol. The highest BCUT2D eigenvalue weighted by Gasteiger charge is 2.14. The SMILES string of the molecule is CCCC(CCO)CNC(=O)Nc1sccc1C(=O)O. The zero-order chi connectivity index (χ0) is 15.0. The van der Waals surface area contributed by atoms with Gasteiger partial charge in [0.25, 0.3) is 0 Å². The van der Waals surface area contributed by atoms with Crippen LogP contribution >= 0.6 is 11.3 Å². The highest BCUT2D eigenvalue weighted by Crippen LogP contribution is 2.22. The zero-order valence-electron chi connectivity index (χ0n) is 11.4. The van der Waals surface area contributed by atoms with E-state index in [1.165, 1.54) is 17.4 Å². The number of hydrogen-bond donors (Lipinski definition) is 4. The molecule has 0 aliphatic carbocycles. The Hall–Kier alpha value is -1.60. The molecule has 1 aromatic rings.